The number of halogens is 1. The van der Waals surface area contributed by atoms with Crippen LogP contribution in [-0.2, 0) is 4.79 Å². The Morgan fingerprint density at radius 1 is 1.37 bits per heavy atom. The number of hydrogen-bond donors (Lipinski definition) is 1. The van der Waals surface area contributed by atoms with Gasteiger partial charge in [-0.2, -0.15) is 5.10 Å². The summed E-state index contributed by atoms with van der Waals surface area (Å²) in [5.74, 6) is 0.727. The highest BCUT2D eigenvalue weighted by molar-refractivity contribution is 9.10. The number of hydrogen-bond acceptors (Lipinski definition) is 3. The van der Waals surface area contributed by atoms with Crippen molar-refractivity contribution < 1.29 is 4.79 Å². The molecule has 2 aromatic rings. The molecule has 2 heterocycles. The molecular formula is C13H15BrN4O. The Bertz CT molecular complexity index is 554. The lowest BCUT2D eigenvalue weighted by Gasteiger charge is -2.15. The van der Waals surface area contributed by atoms with Crippen molar-refractivity contribution in [2.75, 3.05) is 5.32 Å². The molecule has 2 aromatic heterocycles. The Kier molecular flexibility index (Phi) is 4.31. The number of carbonyl (C=O) groups excluding carboxylic acids is 1. The molecule has 0 spiro atoms. The van der Waals surface area contributed by atoms with Gasteiger partial charge in [0.2, 0.25) is 5.91 Å². The molecule has 0 radical (unpaired) electrons. The minimum absolute atomic E-state index is 0.0867. The van der Waals surface area contributed by atoms with Crippen LogP contribution < -0.4 is 5.32 Å². The first-order chi connectivity index (χ1) is 9.09. The van der Waals surface area contributed by atoms with Crippen LogP contribution in [0.15, 0.2) is 36.8 Å². The van der Waals surface area contributed by atoms with Crippen LogP contribution in [0.2, 0.25) is 0 Å². The number of pyridine rings is 1. The van der Waals surface area contributed by atoms with E-state index in [1.54, 1.807) is 29.3 Å². The van der Waals surface area contributed by atoms with Gasteiger partial charge in [0.1, 0.15) is 0 Å². The van der Waals surface area contributed by atoms with E-state index in [1.165, 1.54) is 0 Å². The molecule has 100 valence electrons. The van der Waals surface area contributed by atoms with Crippen LogP contribution in [0.3, 0.4) is 0 Å². The molecule has 1 amide bonds. The maximum Gasteiger partial charge on any atom is 0.238 e. The molecule has 1 unspecified atom stereocenters. The minimum atomic E-state index is -0.238. The molecule has 2 rings (SSSR count). The molecule has 0 bridgehead atoms. The van der Waals surface area contributed by atoms with E-state index in [2.05, 4.69) is 31.3 Å². The van der Waals surface area contributed by atoms with E-state index in [9.17, 15) is 4.79 Å². The van der Waals surface area contributed by atoms with Crippen LogP contribution in [0, 0.1) is 5.92 Å². The number of rotatable bonds is 4. The van der Waals surface area contributed by atoms with Gasteiger partial charge < -0.3 is 5.32 Å². The third-order valence-electron chi connectivity index (χ3n) is 2.60. The zero-order valence-corrected chi connectivity index (χ0v) is 12.3. The van der Waals surface area contributed by atoms with Gasteiger partial charge in [-0.25, -0.2) is 9.67 Å². The van der Waals surface area contributed by atoms with Gasteiger partial charge in [-0.3, -0.25) is 4.79 Å². The predicted octanol–water partition coefficient (Wildman–Crippen LogP) is 2.63. The van der Waals surface area contributed by atoms with Crippen LogP contribution in [0.4, 0.5) is 5.69 Å². The first-order valence-corrected chi connectivity index (χ1v) is 6.91. The quantitative estimate of drug-likeness (QED) is 0.880. The third-order valence-corrected chi connectivity index (χ3v) is 4.07. The number of alkyl halides is 1. The Labute approximate surface area is 120 Å². The summed E-state index contributed by atoms with van der Waals surface area (Å²) in [5, 5.41) is 7.00. The van der Waals surface area contributed by atoms with Crippen molar-refractivity contribution in [3.8, 4) is 5.82 Å². The Morgan fingerprint density at radius 2 is 2.16 bits per heavy atom. The molecule has 1 N–H and O–H groups in total. The zero-order chi connectivity index (χ0) is 13.8. The molecule has 0 saturated heterocycles. The fourth-order valence-corrected chi connectivity index (χ4v) is 1.69. The SMILES string of the molecule is CC(C)C(Br)C(=O)Nc1cccnc1-n1cccn1. The molecular weight excluding hydrogens is 308 g/mol. The van der Waals surface area contributed by atoms with Gasteiger partial charge in [-0.15, -0.1) is 0 Å². The molecule has 0 aliphatic heterocycles. The lowest BCUT2D eigenvalue weighted by molar-refractivity contribution is -0.116. The number of anilines is 1. The van der Waals surface area contributed by atoms with Crippen molar-refractivity contribution in [3.63, 3.8) is 0 Å². The predicted molar refractivity (Wildman–Crippen MR) is 77.5 cm³/mol. The molecule has 0 saturated carbocycles. The number of aromatic nitrogens is 3. The first kappa shape index (κ1) is 13.7. The normalized spacial score (nSPS) is 12.4. The fourth-order valence-electron chi connectivity index (χ4n) is 1.58. The van der Waals surface area contributed by atoms with E-state index in [1.807, 2.05) is 26.0 Å². The summed E-state index contributed by atoms with van der Waals surface area (Å²) in [6.45, 7) is 3.97. The molecule has 19 heavy (non-hydrogen) atoms. The Hall–Kier alpha value is -1.69. The van der Waals surface area contributed by atoms with E-state index < -0.39 is 0 Å². The van der Waals surface area contributed by atoms with Gasteiger partial charge in [0, 0.05) is 18.6 Å². The minimum Gasteiger partial charge on any atom is -0.322 e. The first-order valence-electron chi connectivity index (χ1n) is 5.99. The van der Waals surface area contributed by atoms with Gasteiger partial charge in [-0.05, 0) is 24.1 Å². The molecule has 0 aliphatic rings. The summed E-state index contributed by atoms with van der Waals surface area (Å²) in [4.78, 5) is 16.1. The highest BCUT2D eigenvalue weighted by atomic mass is 79.9. The van der Waals surface area contributed by atoms with Gasteiger partial charge in [-0.1, -0.05) is 29.8 Å². The Balaban J connectivity index is 2.24. The maximum atomic E-state index is 12.1. The van der Waals surface area contributed by atoms with Crippen molar-refractivity contribution in [2.24, 2.45) is 5.92 Å². The molecule has 0 aromatic carbocycles. The lowest BCUT2D eigenvalue weighted by atomic mass is 10.1. The highest BCUT2D eigenvalue weighted by Crippen LogP contribution is 2.19. The molecule has 0 aliphatic carbocycles. The molecule has 1 atom stereocenters. The second-order valence-corrected chi connectivity index (χ2v) is 5.45. The van der Waals surface area contributed by atoms with Crippen molar-refractivity contribution in [2.45, 2.75) is 18.7 Å². The topological polar surface area (TPSA) is 59.8 Å². The maximum absolute atomic E-state index is 12.1. The van der Waals surface area contributed by atoms with Crippen LogP contribution in [0.5, 0.6) is 0 Å². The van der Waals surface area contributed by atoms with Crippen LogP contribution >= 0.6 is 15.9 Å². The average Bonchev–Trinajstić information content (AvgIpc) is 2.92. The molecule has 6 heteroatoms. The van der Waals surface area contributed by atoms with E-state index in [0.717, 1.165) is 0 Å². The van der Waals surface area contributed by atoms with E-state index in [0.29, 0.717) is 11.5 Å². The third kappa shape index (κ3) is 3.20. The van der Waals surface area contributed by atoms with Crippen LogP contribution in [-0.4, -0.2) is 25.5 Å². The summed E-state index contributed by atoms with van der Waals surface area (Å²) in [6, 6.07) is 5.39. The second-order valence-electron chi connectivity index (χ2n) is 4.46. The standard InChI is InChI=1S/C13H15BrN4O/c1-9(2)11(14)13(19)17-10-5-3-6-15-12(10)18-8-4-7-16-18/h3-9,11H,1-2H3,(H,17,19). The largest absolute Gasteiger partial charge is 0.322 e. The zero-order valence-electron chi connectivity index (χ0n) is 10.7. The van der Waals surface area contributed by atoms with Crippen LogP contribution in [0.25, 0.3) is 5.82 Å². The summed E-state index contributed by atoms with van der Waals surface area (Å²) in [6.07, 6.45) is 5.12. The summed E-state index contributed by atoms with van der Waals surface area (Å²) in [7, 11) is 0. The fraction of sp³-hybridized carbons (Fsp3) is 0.308. The van der Waals surface area contributed by atoms with Crippen molar-refractivity contribution in [1.29, 1.82) is 0 Å². The van der Waals surface area contributed by atoms with Crippen molar-refractivity contribution in [3.05, 3.63) is 36.8 Å². The lowest BCUT2D eigenvalue weighted by Crippen LogP contribution is -2.27. The van der Waals surface area contributed by atoms with Gasteiger partial charge >= 0.3 is 0 Å². The number of carbonyl (C=O) groups is 1. The summed E-state index contributed by atoms with van der Waals surface area (Å²) >= 11 is 3.38. The second kappa shape index (κ2) is 5.97. The number of nitrogens with one attached hydrogen (secondary N) is 1. The monoisotopic (exact) mass is 322 g/mol. The molecule has 5 nitrogen and oxygen atoms in total. The average molecular weight is 323 g/mol. The van der Waals surface area contributed by atoms with Gasteiger partial charge in [0.05, 0.1) is 10.5 Å². The smallest absolute Gasteiger partial charge is 0.238 e. The molecule has 0 fully saturated rings. The number of nitrogens with zero attached hydrogens (tertiary/aromatic N) is 3. The van der Waals surface area contributed by atoms with Crippen LogP contribution in [0.1, 0.15) is 13.8 Å². The Morgan fingerprint density at radius 3 is 2.79 bits per heavy atom. The van der Waals surface area contributed by atoms with E-state index >= 15 is 0 Å². The van der Waals surface area contributed by atoms with Gasteiger partial charge in [0.15, 0.2) is 5.82 Å². The summed E-state index contributed by atoms with van der Waals surface area (Å²) < 4.78 is 1.62. The highest BCUT2D eigenvalue weighted by Gasteiger charge is 2.20. The summed E-state index contributed by atoms with van der Waals surface area (Å²) in [5.41, 5.74) is 0.640. The van der Waals surface area contributed by atoms with E-state index in [-0.39, 0.29) is 16.7 Å². The van der Waals surface area contributed by atoms with Gasteiger partial charge in [0.25, 0.3) is 0 Å². The van der Waals surface area contributed by atoms with Crippen molar-refractivity contribution in [1.82, 2.24) is 14.8 Å². The van der Waals surface area contributed by atoms with Crippen molar-refractivity contribution >= 4 is 27.5 Å². The number of amides is 1. The van der Waals surface area contributed by atoms with E-state index in [4.69, 9.17) is 0 Å².